The van der Waals surface area contributed by atoms with E-state index in [-0.39, 0.29) is 11.7 Å². The predicted octanol–water partition coefficient (Wildman–Crippen LogP) is 3.12. The van der Waals surface area contributed by atoms with Crippen molar-refractivity contribution in [1.82, 2.24) is 0 Å². The number of hydrogen-bond donors (Lipinski definition) is 0. The van der Waals surface area contributed by atoms with Crippen molar-refractivity contribution in [3.8, 4) is 0 Å². The Morgan fingerprint density at radius 3 is 2.44 bits per heavy atom. The first kappa shape index (κ1) is 12.6. The maximum Gasteiger partial charge on any atom is 0.277 e. The van der Waals surface area contributed by atoms with Crippen molar-refractivity contribution in [2.45, 2.75) is 6.92 Å². The third-order valence-corrected chi connectivity index (χ3v) is 3.01. The molecule has 2 rings (SSSR count). The van der Waals surface area contributed by atoms with Gasteiger partial charge in [-0.1, -0.05) is 15.9 Å². The summed E-state index contributed by atoms with van der Waals surface area (Å²) in [6.07, 6.45) is 4.58. The predicted molar refractivity (Wildman–Crippen MR) is 73.8 cm³/mol. The van der Waals surface area contributed by atoms with Crippen LogP contribution in [0.15, 0.2) is 57.5 Å². The summed E-state index contributed by atoms with van der Waals surface area (Å²) in [4.78, 5) is 27.1. The Kier molecular flexibility index (Phi) is 3.67. The molecule has 0 bridgehead atoms. The summed E-state index contributed by atoms with van der Waals surface area (Å²) >= 11 is 3.30. The molecule has 0 radical (unpaired) electrons. The van der Waals surface area contributed by atoms with Gasteiger partial charge in [-0.2, -0.15) is 0 Å². The SMILES string of the molecule is CC1=CC(=NC(=O)c2ccc(Br)cc2)C=CC1=O. The van der Waals surface area contributed by atoms with Crippen LogP contribution in [0.1, 0.15) is 17.3 Å². The van der Waals surface area contributed by atoms with Gasteiger partial charge < -0.3 is 0 Å². The quantitative estimate of drug-likeness (QED) is 0.748. The van der Waals surface area contributed by atoms with Gasteiger partial charge >= 0.3 is 0 Å². The minimum atomic E-state index is -0.319. The van der Waals surface area contributed by atoms with Gasteiger partial charge in [0.15, 0.2) is 5.78 Å². The summed E-state index contributed by atoms with van der Waals surface area (Å²) in [7, 11) is 0. The van der Waals surface area contributed by atoms with Gasteiger partial charge in [-0.15, -0.1) is 0 Å². The average molecular weight is 304 g/mol. The van der Waals surface area contributed by atoms with E-state index in [1.807, 2.05) is 0 Å². The van der Waals surface area contributed by atoms with Crippen molar-refractivity contribution in [3.63, 3.8) is 0 Å². The molecule has 0 aliphatic heterocycles. The van der Waals surface area contributed by atoms with Crippen LogP contribution in [0.2, 0.25) is 0 Å². The second-order valence-corrected chi connectivity index (χ2v) is 4.79. The largest absolute Gasteiger partial charge is 0.290 e. The van der Waals surface area contributed by atoms with E-state index in [2.05, 4.69) is 20.9 Å². The van der Waals surface area contributed by atoms with Gasteiger partial charge in [0, 0.05) is 10.0 Å². The molecule has 0 fully saturated rings. The zero-order chi connectivity index (χ0) is 13.1. The van der Waals surface area contributed by atoms with Crippen molar-refractivity contribution < 1.29 is 9.59 Å². The lowest BCUT2D eigenvalue weighted by atomic mass is 10.1. The molecule has 1 aliphatic rings. The maximum atomic E-state index is 11.9. The van der Waals surface area contributed by atoms with E-state index in [0.29, 0.717) is 16.8 Å². The highest BCUT2D eigenvalue weighted by Crippen LogP contribution is 2.12. The van der Waals surface area contributed by atoms with Crippen molar-refractivity contribution in [3.05, 3.63) is 58.1 Å². The van der Waals surface area contributed by atoms with Crippen LogP contribution >= 0.6 is 15.9 Å². The maximum absolute atomic E-state index is 11.9. The molecule has 0 saturated heterocycles. The fraction of sp³-hybridized carbons (Fsp3) is 0.0714. The van der Waals surface area contributed by atoms with Gasteiger partial charge in [0.1, 0.15) is 0 Å². The molecule has 0 unspecified atom stereocenters. The number of halogens is 1. The Morgan fingerprint density at radius 2 is 1.83 bits per heavy atom. The number of hydrogen-bond acceptors (Lipinski definition) is 2. The normalized spacial score (nSPS) is 16.9. The monoisotopic (exact) mass is 303 g/mol. The number of carbonyl (C=O) groups excluding carboxylic acids is 2. The molecule has 1 aromatic rings. The van der Waals surface area contributed by atoms with Gasteiger partial charge in [0.2, 0.25) is 0 Å². The second-order valence-electron chi connectivity index (χ2n) is 3.87. The summed E-state index contributed by atoms with van der Waals surface area (Å²) in [5.41, 5.74) is 1.60. The Hall–Kier alpha value is -1.81. The summed E-state index contributed by atoms with van der Waals surface area (Å²) in [5, 5.41) is 0. The molecule has 0 spiro atoms. The van der Waals surface area contributed by atoms with Gasteiger partial charge in [0.05, 0.1) is 5.71 Å². The number of nitrogens with zero attached hydrogens (tertiary/aromatic N) is 1. The number of benzene rings is 1. The molecule has 1 aliphatic carbocycles. The first-order valence-electron chi connectivity index (χ1n) is 5.35. The molecule has 3 nitrogen and oxygen atoms in total. The molecule has 0 aromatic heterocycles. The third-order valence-electron chi connectivity index (χ3n) is 2.48. The van der Waals surface area contributed by atoms with E-state index >= 15 is 0 Å². The summed E-state index contributed by atoms with van der Waals surface area (Å²) in [6.45, 7) is 1.70. The van der Waals surface area contributed by atoms with Crippen molar-refractivity contribution in [1.29, 1.82) is 0 Å². The van der Waals surface area contributed by atoms with E-state index in [0.717, 1.165) is 4.47 Å². The Bertz CT molecular complexity index is 595. The molecule has 0 heterocycles. The summed E-state index contributed by atoms with van der Waals surface area (Å²) in [5.74, 6) is -0.370. The lowest BCUT2D eigenvalue weighted by molar-refractivity contribution is -0.111. The Balaban J connectivity index is 2.24. The third kappa shape index (κ3) is 2.90. The molecule has 18 heavy (non-hydrogen) atoms. The van der Waals surface area contributed by atoms with E-state index in [4.69, 9.17) is 0 Å². The summed E-state index contributed by atoms with van der Waals surface area (Å²) < 4.78 is 0.908. The molecular formula is C14H10BrNO2. The van der Waals surface area contributed by atoms with Crippen molar-refractivity contribution >= 4 is 33.3 Å². The molecule has 90 valence electrons. The van der Waals surface area contributed by atoms with Crippen LogP contribution in [0.25, 0.3) is 0 Å². The van der Waals surface area contributed by atoms with Crippen molar-refractivity contribution in [2.24, 2.45) is 4.99 Å². The molecule has 0 atom stereocenters. The highest BCUT2D eigenvalue weighted by molar-refractivity contribution is 9.10. The van der Waals surface area contributed by atoms with Crippen molar-refractivity contribution in [2.75, 3.05) is 0 Å². The van der Waals surface area contributed by atoms with Gasteiger partial charge in [-0.05, 0) is 55.0 Å². The smallest absolute Gasteiger partial charge is 0.277 e. The van der Waals surface area contributed by atoms with Crippen LogP contribution in [0.5, 0.6) is 0 Å². The molecule has 0 N–H and O–H groups in total. The summed E-state index contributed by atoms with van der Waals surface area (Å²) in [6, 6.07) is 6.97. The van der Waals surface area contributed by atoms with Crippen LogP contribution in [0, 0.1) is 0 Å². The Labute approximate surface area is 113 Å². The minimum absolute atomic E-state index is 0.0509. The average Bonchev–Trinajstić information content (AvgIpc) is 2.34. The zero-order valence-electron chi connectivity index (χ0n) is 9.68. The van der Waals surface area contributed by atoms with E-state index in [9.17, 15) is 9.59 Å². The van der Waals surface area contributed by atoms with Crippen LogP contribution in [-0.2, 0) is 4.79 Å². The molecule has 1 amide bonds. The standard InChI is InChI=1S/C14H10BrNO2/c1-9-8-12(6-7-13(9)17)16-14(18)10-2-4-11(15)5-3-10/h2-8H,1H3. The first-order valence-corrected chi connectivity index (χ1v) is 6.15. The Morgan fingerprint density at radius 1 is 1.17 bits per heavy atom. The zero-order valence-corrected chi connectivity index (χ0v) is 11.3. The molecular weight excluding hydrogens is 294 g/mol. The minimum Gasteiger partial charge on any atom is -0.290 e. The van der Waals surface area contributed by atoms with Crippen LogP contribution in [-0.4, -0.2) is 17.4 Å². The fourth-order valence-electron chi connectivity index (χ4n) is 1.48. The van der Waals surface area contributed by atoms with E-state index in [1.54, 1.807) is 43.3 Å². The van der Waals surface area contributed by atoms with Gasteiger partial charge in [-0.3, -0.25) is 9.59 Å². The lowest BCUT2D eigenvalue weighted by Gasteiger charge is -2.03. The number of allylic oxidation sites excluding steroid dienone is 4. The van der Waals surface area contributed by atoms with Crippen LogP contribution < -0.4 is 0 Å². The van der Waals surface area contributed by atoms with Crippen LogP contribution in [0.3, 0.4) is 0 Å². The second kappa shape index (κ2) is 5.23. The number of aliphatic imine (C=N–C) groups is 1. The number of rotatable bonds is 1. The van der Waals surface area contributed by atoms with E-state index in [1.165, 1.54) is 6.08 Å². The molecule has 0 saturated carbocycles. The van der Waals surface area contributed by atoms with Crippen LogP contribution in [0.4, 0.5) is 0 Å². The van der Waals surface area contributed by atoms with Gasteiger partial charge in [0.25, 0.3) is 5.91 Å². The first-order chi connectivity index (χ1) is 8.56. The lowest BCUT2D eigenvalue weighted by Crippen LogP contribution is -2.07. The number of ketones is 1. The van der Waals surface area contributed by atoms with E-state index < -0.39 is 0 Å². The number of carbonyl (C=O) groups is 2. The highest BCUT2D eigenvalue weighted by Gasteiger charge is 2.09. The highest BCUT2D eigenvalue weighted by atomic mass is 79.9. The number of amides is 1. The fourth-order valence-corrected chi connectivity index (χ4v) is 1.74. The molecule has 1 aromatic carbocycles. The van der Waals surface area contributed by atoms with Gasteiger partial charge in [-0.25, -0.2) is 4.99 Å². The topological polar surface area (TPSA) is 46.5 Å². The molecule has 4 heteroatoms.